The predicted octanol–water partition coefficient (Wildman–Crippen LogP) is 2.39. The number of benzene rings is 1. The maximum atomic E-state index is 12.4. The van der Waals surface area contributed by atoms with Crippen LogP contribution in [0.3, 0.4) is 0 Å². The lowest BCUT2D eigenvalue weighted by atomic mass is 10.1. The van der Waals surface area contributed by atoms with Gasteiger partial charge in [-0.15, -0.1) is 11.8 Å². The molecule has 0 bridgehead atoms. The van der Waals surface area contributed by atoms with Gasteiger partial charge in [-0.05, 0) is 31.7 Å². The maximum Gasteiger partial charge on any atom is 0.328 e. The number of ether oxygens (including phenoxy) is 1. The molecule has 0 saturated carbocycles. The van der Waals surface area contributed by atoms with E-state index in [1.165, 1.54) is 11.8 Å². The molecule has 1 amide bonds. The highest BCUT2D eigenvalue weighted by molar-refractivity contribution is 7.99. The van der Waals surface area contributed by atoms with E-state index >= 15 is 0 Å². The lowest BCUT2D eigenvalue weighted by molar-refractivity contribution is -0.145. The topological polar surface area (TPSA) is 46.6 Å². The summed E-state index contributed by atoms with van der Waals surface area (Å²) in [4.78, 5) is 25.8. The fourth-order valence-electron chi connectivity index (χ4n) is 2.30. The number of anilines is 1. The number of hydrogen-bond acceptors (Lipinski definition) is 4. The summed E-state index contributed by atoms with van der Waals surface area (Å²) in [6.07, 6.45) is 1.90. The molecule has 0 aliphatic carbocycles. The number of rotatable bonds is 4. The van der Waals surface area contributed by atoms with Gasteiger partial charge in [0, 0.05) is 5.69 Å². The van der Waals surface area contributed by atoms with E-state index in [4.69, 9.17) is 4.74 Å². The molecule has 0 aromatic heterocycles. The SMILES string of the molecule is CCOC(=O)C(C)N1C(=O)C(SC)c2ccccc21. The summed E-state index contributed by atoms with van der Waals surface area (Å²) in [6.45, 7) is 3.78. The van der Waals surface area contributed by atoms with Crippen LogP contribution >= 0.6 is 11.8 Å². The van der Waals surface area contributed by atoms with Crippen molar-refractivity contribution < 1.29 is 14.3 Å². The molecule has 2 unspecified atom stereocenters. The largest absolute Gasteiger partial charge is 0.464 e. The number of nitrogens with zero attached hydrogens (tertiary/aromatic N) is 1. The first kappa shape index (κ1) is 13.9. The van der Waals surface area contributed by atoms with Gasteiger partial charge >= 0.3 is 5.97 Å². The summed E-state index contributed by atoms with van der Waals surface area (Å²) in [5, 5.41) is -0.229. The van der Waals surface area contributed by atoms with Crippen molar-refractivity contribution in [1.82, 2.24) is 0 Å². The molecule has 1 aromatic rings. The number of para-hydroxylation sites is 1. The van der Waals surface area contributed by atoms with Crippen molar-refractivity contribution in [3.05, 3.63) is 29.8 Å². The summed E-state index contributed by atoms with van der Waals surface area (Å²) in [6, 6.07) is 7.00. The highest BCUT2D eigenvalue weighted by Gasteiger charge is 2.41. The summed E-state index contributed by atoms with van der Waals surface area (Å²) in [5.41, 5.74) is 1.78. The highest BCUT2D eigenvalue weighted by Crippen LogP contribution is 2.43. The van der Waals surface area contributed by atoms with Crippen molar-refractivity contribution in [2.45, 2.75) is 25.1 Å². The first-order valence-corrected chi connectivity index (χ1v) is 7.52. The van der Waals surface area contributed by atoms with Crippen molar-refractivity contribution in [3.8, 4) is 0 Å². The van der Waals surface area contributed by atoms with Gasteiger partial charge in [0.1, 0.15) is 11.3 Å². The van der Waals surface area contributed by atoms with Crippen LogP contribution in [-0.4, -0.2) is 30.8 Å². The van der Waals surface area contributed by atoms with Gasteiger partial charge in [0.05, 0.1) is 6.61 Å². The molecule has 19 heavy (non-hydrogen) atoms. The normalized spacial score (nSPS) is 19.2. The smallest absolute Gasteiger partial charge is 0.328 e. The van der Waals surface area contributed by atoms with Crippen LogP contribution in [0.4, 0.5) is 5.69 Å². The molecule has 2 rings (SSSR count). The molecular weight excluding hydrogens is 262 g/mol. The van der Waals surface area contributed by atoms with Gasteiger partial charge in [0.25, 0.3) is 0 Å². The number of amides is 1. The summed E-state index contributed by atoms with van der Waals surface area (Å²) < 4.78 is 5.01. The van der Waals surface area contributed by atoms with Gasteiger partial charge in [0.2, 0.25) is 5.91 Å². The number of thioether (sulfide) groups is 1. The van der Waals surface area contributed by atoms with Gasteiger partial charge in [-0.25, -0.2) is 4.79 Å². The molecule has 1 heterocycles. The fraction of sp³-hybridized carbons (Fsp3) is 0.429. The molecule has 0 fully saturated rings. The zero-order valence-corrected chi connectivity index (χ0v) is 12.1. The van der Waals surface area contributed by atoms with Crippen molar-refractivity contribution in [2.75, 3.05) is 17.8 Å². The second kappa shape index (κ2) is 5.65. The summed E-state index contributed by atoms with van der Waals surface area (Å²) >= 11 is 1.49. The second-order valence-electron chi connectivity index (χ2n) is 4.31. The van der Waals surface area contributed by atoms with Crippen molar-refractivity contribution in [2.24, 2.45) is 0 Å². The lowest BCUT2D eigenvalue weighted by Gasteiger charge is -2.23. The van der Waals surface area contributed by atoms with Crippen LogP contribution in [0.1, 0.15) is 24.7 Å². The predicted molar refractivity (Wildman–Crippen MR) is 76.3 cm³/mol. The molecular formula is C14H17NO3S. The molecule has 1 aliphatic heterocycles. The second-order valence-corrected chi connectivity index (χ2v) is 5.25. The van der Waals surface area contributed by atoms with Crippen molar-refractivity contribution in [3.63, 3.8) is 0 Å². The van der Waals surface area contributed by atoms with E-state index in [0.717, 1.165) is 11.3 Å². The molecule has 0 saturated heterocycles. The Morgan fingerprint density at radius 1 is 1.47 bits per heavy atom. The van der Waals surface area contributed by atoms with E-state index in [2.05, 4.69) is 0 Å². The van der Waals surface area contributed by atoms with Crippen LogP contribution in [0, 0.1) is 0 Å². The molecule has 0 radical (unpaired) electrons. The third-order valence-electron chi connectivity index (χ3n) is 3.19. The van der Waals surface area contributed by atoms with Crippen molar-refractivity contribution in [1.29, 1.82) is 0 Å². The summed E-state index contributed by atoms with van der Waals surface area (Å²) in [5.74, 6) is -0.415. The summed E-state index contributed by atoms with van der Waals surface area (Å²) in [7, 11) is 0. The Hall–Kier alpha value is -1.49. The average Bonchev–Trinajstić information content (AvgIpc) is 2.69. The van der Waals surface area contributed by atoms with E-state index < -0.39 is 6.04 Å². The number of carbonyl (C=O) groups excluding carboxylic acids is 2. The molecule has 4 nitrogen and oxygen atoms in total. The molecule has 5 heteroatoms. The van der Waals surface area contributed by atoms with Crippen LogP contribution in [0.15, 0.2) is 24.3 Å². The fourth-order valence-corrected chi connectivity index (χ4v) is 3.07. The van der Waals surface area contributed by atoms with E-state index in [1.54, 1.807) is 18.7 Å². The van der Waals surface area contributed by atoms with Crippen LogP contribution in [0.25, 0.3) is 0 Å². The minimum absolute atomic E-state index is 0.0470. The van der Waals surface area contributed by atoms with Crippen LogP contribution in [0.2, 0.25) is 0 Å². The monoisotopic (exact) mass is 279 g/mol. The lowest BCUT2D eigenvalue weighted by Crippen LogP contribution is -2.42. The molecule has 1 aliphatic rings. The third kappa shape index (κ3) is 2.34. The Bertz CT molecular complexity index is 503. The van der Waals surface area contributed by atoms with E-state index in [-0.39, 0.29) is 17.1 Å². The van der Waals surface area contributed by atoms with Gasteiger partial charge in [0.15, 0.2) is 0 Å². The van der Waals surface area contributed by atoms with Gasteiger partial charge in [-0.3, -0.25) is 9.69 Å². The van der Waals surface area contributed by atoms with Crippen LogP contribution in [0.5, 0.6) is 0 Å². The number of fused-ring (bicyclic) bond motifs is 1. The highest BCUT2D eigenvalue weighted by atomic mass is 32.2. The first-order valence-electron chi connectivity index (χ1n) is 6.23. The molecule has 2 atom stereocenters. The average molecular weight is 279 g/mol. The number of carbonyl (C=O) groups is 2. The maximum absolute atomic E-state index is 12.4. The Morgan fingerprint density at radius 2 is 2.16 bits per heavy atom. The minimum Gasteiger partial charge on any atom is -0.464 e. The Morgan fingerprint density at radius 3 is 2.79 bits per heavy atom. The van der Waals surface area contributed by atoms with Gasteiger partial charge in [-0.1, -0.05) is 18.2 Å². The zero-order valence-electron chi connectivity index (χ0n) is 11.3. The quantitative estimate of drug-likeness (QED) is 0.794. The van der Waals surface area contributed by atoms with E-state index in [1.807, 2.05) is 30.5 Å². The number of hydrogen-bond donors (Lipinski definition) is 0. The van der Waals surface area contributed by atoms with Gasteiger partial charge in [-0.2, -0.15) is 0 Å². The molecule has 0 spiro atoms. The first-order chi connectivity index (χ1) is 9.11. The number of esters is 1. The Kier molecular flexibility index (Phi) is 4.14. The van der Waals surface area contributed by atoms with Crippen LogP contribution < -0.4 is 4.90 Å². The van der Waals surface area contributed by atoms with E-state index in [9.17, 15) is 9.59 Å². The molecule has 102 valence electrons. The van der Waals surface area contributed by atoms with Gasteiger partial charge < -0.3 is 4.74 Å². The minimum atomic E-state index is -0.592. The van der Waals surface area contributed by atoms with Crippen LogP contribution in [-0.2, 0) is 14.3 Å². The Balaban J connectivity index is 2.36. The standard InChI is InChI=1S/C14H17NO3S/c1-4-18-14(17)9(2)15-11-8-6-5-7-10(11)12(19-3)13(15)16/h5-9,12H,4H2,1-3H3. The van der Waals surface area contributed by atoms with Crippen molar-refractivity contribution >= 4 is 29.3 Å². The molecule has 0 N–H and O–H groups in total. The Labute approximate surface area is 117 Å². The van der Waals surface area contributed by atoms with E-state index in [0.29, 0.717) is 6.61 Å². The third-order valence-corrected chi connectivity index (χ3v) is 4.12. The zero-order chi connectivity index (χ0) is 14.0. The molecule has 1 aromatic carbocycles.